The van der Waals surface area contributed by atoms with Crippen molar-refractivity contribution in [1.29, 1.82) is 0 Å². The van der Waals surface area contributed by atoms with Gasteiger partial charge < -0.3 is 35.0 Å². The van der Waals surface area contributed by atoms with Crippen LogP contribution in [0, 0.1) is 0 Å². The first-order valence-corrected chi connectivity index (χ1v) is 4.54. The van der Waals surface area contributed by atoms with Crippen LogP contribution in [-0.4, -0.2) is 76.1 Å². The van der Waals surface area contributed by atoms with Crippen molar-refractivity contribution in [3.05, 3.63) is 0 Å². The first-order chi connectivity index (χ1) is 7.02. The second kappa shape index (κ2) is 5.17. The van der Waals surface area contributed by atoms with Gasteiger partial charge in [0.15, 0.2) is 6.29 Å². The highest BCUT2D eigenvalue weighted by Gasteiger charge is 2.47. The molecule has 15 heavy (non-hydrogen) atoms. The van der Waals surface area contributed by atoms with Gasteiger partial charge in [-0.3, -0.25) is 0 Å². The Kier molecular flexibility index (Phi) is 4.41. The van der Waals surface area contributed by atoms with Crippen molar-refractivity contribution in [3.63, 3.8) is 0 Å². The van der Waals surface area contributed by atoms with Gasteiger partial charge in [-0.05, 0) is 0 Å². The second-order valence-corrected chi connectivity index (χ2v) is 3.43. The lowest BCUT2D eigenvalue weighted by Crippen LogP contribution is -2.46. The molecule has 7 nitrogen and oxygen atoms in total. The van der Waals surface area contributed by atoms with Crippen LogP contribution in [0.4, 0.5) is 0 Å². The van der Waals surface area contributed by atoms with Gasteiger partial charge >= 0.3 is 0 Å². The Balaban J connectivity index is 2.64. The number of aliphatic hydroxyl groups excluding tert-OH is 5. The molecule has 0 radical (unpaired) electrons. The fraction of sp³-hybridized carbons (Fsp3) is 1.00. The van der Waals surface area contributed by atoms with Gasteiger partial charge in [-0.2, -0.15) is 0 Å². The van der Waals surface area contributed by atoms with Crippen LogP contribution in [-0.2, 0) is 9.47 Å². The summed E-state index contributed by atoms with van der Waals surface area (Å²) < 4.78 is 9.68. The Labute approximate surface area is 86.5 Å². The summed E-state index contributed by atoms with van der Waals surface area (Å²) in [6, 6.07) is 0. The van der Waals surface area contributed by atoms with Crippen molar-refractivity contribution in [2.45, 2.75) is 36.8 Å². The summed E-state index contributed by atoms with van der Waals surface area (Å²) in [4.78, 5) is 0. The molecule has 1 saturated heterocycles. The highest BCUT2D eigenvalue weighted by Crippen LogP contribution is 2.25. The standard InChI is InChI=1S/C8H16O7/c1-14-8-6(13)5(12)7(15-8)4(11)3(10)2-9/h3-13H,2H2,1H3/t3-,4-,5-,6+,7-,8+/m1/s1. The lowest BCUT2D eigenvalue weighted by molar-refractivity contribution is -0.177. The fourth-order valence-electron chi connectivity index (χ4n) is 1.48. The summed E-state index contributed by atoms with van der Waals surface area (Å²) in [5.41, 5.74) is 0. The van der Waals surface area contributed by atoms with Crippen LogP contribution in [0.3, 0.4) is 0 Å². The summed E-state index contributed by atoms with van der Waals surface area (Å²) in [5.74, 6) is 0. The molecule has 90 valence electrons. The number of aliphatic hydroxyl groups is 5. The highest BCUT2D eigenvalue weighted by molar-refractivity contribution is 4.92. The molecule has 1 heterocycles. The Morgan fingerprint density at radius 2 is 1.87 bits per heavy atom. The predicted octanol–water partition coefficient (Wildman–Crippen LogP) is -3.21. The molecule has 0 spiro atoms. The summed E-state index contributed by atoms with van der Waals surface area (Å²) in [5, 5.41) is 46.0. The van der Waals surface area contributed by atoms with E-state index < -0.39 is 43.4 Å². The molecule has 1 rings (SSSR count). The molecule has 1 fully saturated rings. The molecule has 1 aliphatic heterocycles. The van der Waals surface area contributed by atoms with Crippen LogP contribution >= 0.6 is 0 Å². The molecule has 7 heteroatoms. The minimum Gasteiger partial charge on any atom is -0.394 e. The van der Waals surface area contributed by atoms with Crippen LogP contribution in [0.15, 0.2) is 0 Å². The minimum absolute atomic E-state index is 0.665. The van der Waals surface area contributed by atoms with E-state index in [1.807, 2.05) is 0 Å². The van der Waals surface area contributed by atoms with Crippen LogP contribution in [0.5, 0.6) is 0 Å². The van der Waals surface area contributed by atoms with Crippen molar-refractivity contribution in [3.8, 4) is 0 Å². The number of rotatable bonds is 4. The first-order valence-electron chi connectivity index (χ1n) is 4.54. The smallest absolute Gasteiger partial charge is 0.186 e. The van der Waals surface area contributed by atoms with E-state index in [2.05, 4.69) is 0 Å². The van der Waals surface area contributed by atoms with Gasteiger partial charge in [-0.1, -0.05) is 0 Å². The van der Waals surface area contributed by atoms with E-state index in [1.54, 1.807) is 0 Å². The molecule has 0 aliphatic carbocycles. The van der Waals surface area contributed by atoms with E-state index in [-0.39, 0.29) is 0 Å². The Hall–Kier alpha value is -0.280. The number of hydrogen-bond acceptors (Lipinski definition) is 7. The van der Waals surface area contributed by atoms with Crippen molar-refractivity contribution in [2.24, 2.45) is 0 Å². The molecule has 0 unspecified atom stereocenters. The van der Waals surface area contributed by atoms with Crippen LogP contribution in [0.2, 0.25) is 0 Å². The zero-order valence-corrected chi connectivity index (χ0v) is 8.22. The van der Waals surface area contributed by atoms with Crippen molar-refractivity contribution in [1.82, 2.24) is 0 Å². The van der Waals surface area contributed by atoms with E-state index in [9.17, 15) is 15.3 Å². The van der Waals surface area contributed by atoms with Gasteiger partial charge in [-0.15, -0.1) is 0 Å². The number of methoxy groups -OCH3 is 1. The summed E-state index contributed by atoms with van der Waals surface area (Å²) in [6.45, 7) is -0.665. The minimum atomic E-state index is -1.49. The summed E-state index contributed by atoms with van der Waals surface area (Å²) in [6.07, 6.45) is -7.82. The molecule has 0 aromatic carbocycles. The van der Waals surface area contributed by atoms with Crippen molar-refractivity contribution in [2.75, 3.05) is 13.7 Å². The largest absolute Gasteiger partial charge is 0.394 e. The molecule has 0 aromatic heterocycles. The van der Waals surface area contributed by atoms with Gasteiger partial charge in [0, 0.05) is 7.11 Å². The van der Waals surface area contributed by atoms with E-state index in [1.165, 1.54) is 7.11 Å². The van der Waals surface area contributed by atoms with Gasteiger partial charge in [0.05, 0.1) is 6.61 Å². The van der Waals surface area contributed by atoms with E-state index in [4.69, 9.17) is 19.7 Å². The maximum Gasteiger partial charge on any atom is 0.186 e. The van der Waals surface area contributed by atoms with Gasteiger partial charge in [0.1, 0.15) is 30.5 Å². The molecular weight excluding hydrogens is 208 g/mol. The Bertz CT molecular complexity index is 199. The predicted molar refractivity (Wildman–Crippen MR) is 46.8 cm³/mol. The summed E-state index contributed by atoms with van der Waals surface area (Å²) >= 11 is 0. The van der Waals surface area contributed by atoms with Crippen molar-refractivity contribution < 1.29 is 35.0 Å². The molecule has 0 aromatic rings. The normalized spacial score (nSPS) is 40.4. The third-order valence-electron chi connectivity index (χ3n) is 2.41. The summed E-state index contributed by atoms with van der Waals surface area (Å²) in [7, 11) is 1.28. The van der Waals surface area contributed by atoms with Gasteiger partial charge in [0.25, 0.3) is 0 Å². The average Bonchev–Trinajstić information content (AvgIpc) is 2.54. The number of hydrogen-bond donors (Lipinski definition) is 5. The average molecular weight is 224 g/mol. The molecule has 0 saturated carbocycles. The molecule has 1 aliphatic rings. The number of ether oxygens (including phenoxy) is 2. The maximum atomic E-state index is 9.47. The van der Waals surface area contributed by atoms with Crippen LogP contribution in [0.1, 0.15) is 0 Å². The third-order valence-corrected chi connectivity index (χ3v) is 2.41. The SMILES string of the molecule is CO[C@H]1O[C@H]([C@H](O)[C@H](O)CO)[C@H](O)[C@@H]1O. The van der Waals surface area contributed by atoms with E-state index >= 15 is 0 Å². The lowest BCUT2D eigenvalue weighted by atomic mass is 10.0. The lowest BCUT2D eigenvalue weighted by Gasteiger charge is -2.23. The molecular formula is C8H16O7. The monoisotopic (exact) mass is 224 g/mol. The molecule has 0 bridgehead atoms. The van der Waals surface area contributed by atoms with Crippen LogP contribution in [0.25, 0.3) is 0 Å². The van der Waals surface area contributed by atoms with E-state index in [0.29, 0.717) is 0 Å². The third kappa shape index (κ3) is 2.45. The zero-order chi connectivity index (χ0) is 11.6. The molecule has 0 amide bonds. The second-order valence-electron chi connectivity index (χ2n) is 3.43. The molecule has 6 atom stereocenters. The first kappa shape index (κ1) is 12.8. The van der Waals surface area contributed by atoms with Crippen LogP contribution < -0.4 is 0 Å². The molecule has 5 N–H and O–H groups in total. The van der Waals surface area contributed by atoms with Crippen molar-refractivity contribution >= 4 is 0 Å². The quantitative estimate of drug-likeness (QED) is 0.341. The van der Waals surface area contributed by atoms with Gasteiger partial charge in [0.2, 0.25) is 0 Å². The zero-order valence-electron chi connectivity index (χ0n) is 8.22. The maximum absolute atomic E-state index is 9.47. The Morgan fingerprint density at radius 3 is 2.27 bits per heavy atom. The van der Waals surface area contributed by atoms with E-state index in [0.717, 1.165) is 0 Å². The Morgan fingerprint density at radius 1 is 1.27 bits per heavy atom. The highest BCUT2D eigenvalue weighted by atomic mass is 16.7. The topological polar surface area (TPSA) is 120 Å². The van der Waals surface area contributed by atoms with Gasteiger partial charge in [-0.25, -0.2) is 0 Å². The fourth-order valence-corrected chi connectivity index (χ4v) is 1.48.